The van der Waals surface area contributed by atoms with E-state index >= 15 is 0 Å². The van der Waals surface area contributed by atoms with Crippen molar-refractivity contribution in [3.8, 4) is 5.75 Å². The maximum Gasteiger partial charge on any atom is 0.258 e. The molecule has 0 aromatic heterocycles. The molecule has 38 heavy (non-hydrogen) atoms. The lowest BCUT2D eigenvalue weighted by molar-refractivity contribution is -0.120. The van der Waals surface area contributed by atoms with Crippen LogP contribution in [0.2, 0.25) is 0 Å². The third-order valence-corrected chi connectivity index (χ3v) is 7.84. The second-order valence-electron chi connectivity index (χ2n) is 11.6. The van der Waals surface area contributed by atoms with E-state index < -0.39 is 0 Å². The molecule has 4 atom stereocenters. The van der Waals surface area contributed by atoms with Crippen LogP contribution >= 0.6 is 0 Å². The number of carbonyl (C=O) groups excluding carboxylic acids is 2. The standard InChI is InChI=1S/C30H49N3O5/c1-21-18-33(22(2)20-34)30(36)26-17-25(31-29(35)24-12-7-6-8-13-24)14-15-27(26)38-23(3)11-9-10-16-37-28(21)19-32(4)5/h14-15,17,21-24,28,34H,6-13,16,18-20H2,1-5H3,(H,31,35)/t21-,22-,23+,28+/m0/s1. The average Bonchev–Trinajstić information content (AvgIpc) is 2.90. The first-order valence-corrected chi connectivity index (χ1v) is 14.5. The summed E-state index contributed by atoms with van der Waals surface area (Å²) in [6.45, 7) is 7.68. The molecule has 8 nitrogen and oxygen atoms in total. The summed E-state index contributed by atoms with van der Waals surface area (Å²) in [5, 5.41) is 13.1. The normalized spacial score (nSPS) is 25.3. The van der Waals surface area contributed by atoms with Gasteiger partial charge in [0.25, 0.3) is 5.91 Å². The summed E-state index contributed by atoms with van der Waals surface area (Å²) in [4.78, 5) is 30.9. The average molecular weight is 532 g/mol. The van der Waals surface area contributed by atoms with E-state index in [0.29, 0.717) is 30.2 Å². The number of hydrogen-bond donors (Lipinski definition) is 2. The molecule has 1 saturated carbocycles. The Labute approximate surface area is 229 Å². The van der Waals surface area contributed by atoms with Gasteiger partial charge in [-0.15, -0.1) is 0 Å². The molecule has 1 aromatic rings. The molecule has 2 N–H and O–H groups in total. The predicted molar refractivity (Wildman–Crippen MR) is 151 cm³/mol. The highest BCUT2D eigenvalue weighted by molar-refractivity contribution is 6.00. The lowest BCUT2D eigenvalue weighted by Crippen LogP contribution is -2.47. The van der Waals surface area contributed by atoms with Crippen molar-refractivity contribution in [2.24, 2.45) is 11.8 Å². The van der Waals surface area contributed by atoms with Crippen LogP contribution in [-0.4, -0.2) is 85.4 Å². The van der Waals surface area contributed by atoms with Gasteiger partial charge in [0.2, 0.25) is 5.91 Å². The molecule has 0 unspecified atom stereocenters. The fourth-order valence-electron chi connectivity index (χ4n) is 5.43. The lowest BCUT2D eigenvalue weighted by atomic mass is 9.88. The fraction of sp³-hybridized carbons (Fsp3) is 0.733. The smallest absolute Gasteiger partial charge is 0.258 e. The van der Waals surface area contributed by atoms with Gasteiger partial charge in [-0.2, -0.15) is 0 Å². The van der Waals surface area contributed by atoms with Gasteiger partial charge in [-0.25, -0.2) is 0 Å². The minimum atomic E-state index is -0.386. The van der Waals surface area contributed by atoms with Crippen LogP contribution in [0.15, 0.2) is 18.2 Å². The monoisotopic (exact) mass is 531 g/mol. The zero-order valence-corrected chi connectivity index (χ0v) is 24.1. The second kappa shape index (κ2) is 14.8. The van der Waals surface area contributed by atoms with Crippen molar-refractivity contribution in [3.05, 3.63) is 23.8 Å². The van der Waals surface area contributed by atoms with Gasteiger partial charge in [0.15, 0.2) is 0 Å². The van der Waals surface area contributed by atoms with E-state index in [1.807, 2.05) is 34.0 Å². The van der Waals surface area contributed by atoms with Crippen LogP contribution < -0.4 is 10.1 Å². The lowest BCUT2D eigenvalue weighted by Gasteiger charge is -2.35. The highest BCUT2D eigenvalue weighted by Crippen LogP contribution is 2.30. The van der Waals surface area contributed by atoms with Crippen LogP contribution in [0, 0.1) is 11.8 Å². The molecule has 8 heteroatoms. The third kappa shape index (κ3) is 8.68. The van der Waals surface area contributed by atoms with Crippen molar-refractivity contribution in [2.45, 2.75) is 90.4 Å². The number of ether oxygens (including phenoxy) is 2. The number of aliphatic hydroxyl groups is 1. The molecule has 2 aliphatic rings. The number of nitrogens with zero attached hydrogens (tertiary/aromatic N) is 2. The first kappa shape index (κ1) is 30.4. The van der Waals surface area contributed by atoms with Gasteiger partial charge in [0.1, 0.15) is 5.75 Å². The van der Waals surface area contributed by atoms with Crippen molar-refractivity contribution in [1.29, 1.82) is 0 Å². The number of fused-ring (bicyclic) bond motifs is 1. The maximum absolute atomic E-state index is 14.1. The maximum atomic E-state index is 14.1. The van der Waals surface area contributed by atoms with Gasteiger partial charge < -0.3 is 29.7 Å². The molecule has 0 saturated heterocycles. The minimum Gasteiger partial charge on any atom is -0.490 e. The quantitative estimate of drug-likeness (QED) is 0.559. The molecule has 1 aromatic carbocycles. The number of anilines is 1. The highest BCUT2D eigenvalue weighted by atomic mass is 16.5. The van der Waals surface area contributed by atoms with Gasteiger partial charge in [0, 0.05) is 37.2 Å². The molecule has 0 radical (unpaired) electrons. The number of likely N-dealkylation sites (N-methyl/N-ethyl adjacent to an activating group) is 1. The van der Waals surface area contributed by atoms with E-state index in [-0.39, 0.29) is 48.5 Å². The Kier molecular flexibility index (Phi) is 11.9. The number of amides is 2. The number of benzene rings is 1. The molecule has 1 aliphatic carbocycles. The molecular weight excluding hydrogens is 482 g/mol. The Morgan fingerprint density at radius 3 is 2.53 bits per heavy atom. The highest BCUT2D eigenvalue weighted by Gasteiger charge is 2.30. The Hall–Kier alpha value is -2.16. The van der Waals surface area contributed by atoms with Crippen molar-refractivity contribution in [2.75, 3.05) is 45.7 Å². The summed E-state index contributed by atoms with van der Waals surface area (Å²) in [5.41, 5.74) is 1.01. The summed E-state index contributed by atoms with van der Waals surface area (Å²) in [6.07, 6.45) is 7.81. The fourth-order valence-corrected chi connectivity index (χ4v) is 5.43. The second-order valence-corrected chi connectivity index (χ2v) is 11.6. The number of rotatable bonds is 6. The SMILES string of the molecule is C[C@@H]1CCCCO[C@H](CN(C)C)[C@@H](C)CN([C@@H](C)CO)C(=O)c2cc(NC(=O)C3CCCCC3)ccc2O1. The Balaban J connectivity index is 1.94. The molecule has 1 fully saturated rings. The van der Waals surface area contributed by atoms with Crippen LogP contribution in [0.25, 0.3) is 0 Å². The van der Waals surface area contributed by atoms with Crippen molar-refractivity contribution >= 4 is 17.5 Å². The molecule has 214 valence electrons. The molecule has 2 amide bonds. The topological polar surface area (TPSA) is 91.3 Å². The van der Waals surface area contributed by atoms with E-state index in [0.717, 1.165) is 51.5 Å². The van der Waals surface area contributed by atoms with Crippen molar-refractivity contribution < 1.29 is 24.2 Å². The summed E-state index contributed by atoms with van der Waals surface area (Å²) >= 11 is 0. The summed E-state index contributed by atoms with van der Waals surface area (Å²) in [6, 6.07) is 4.98. The molecule has 0 spiro atoms. The number of nitrogens with one attached hydrogen (secondary N) is 1. The van der Waals surface area contributed by atoms with Gasteiger partial charge >= 0.3 is 0 Å². The zero-order valence-electron chi connectivity index (χ0n) is 24.1. The summed E-state index contributed by atoms with van der Waals surface area (Å²) in [7, 11) is 4.05. The number of aliphatic hydroxyl groups excluding tert-OH is 1. The Morgan fingerprint density at radius 1 is 1.13 bits per heavy atom. The van der Waals surface area contributed by atoms with Crippen LogP contribution in [-0.2, 0) is 9.53 Å². The van der Waals surface area contributed by atoms with Crippen LogP contribution in [0.1, 0.15) is 82.5 Å². The molecule has 0 bridgehead atoms. The van der Waals surface area contributed by atoms with Crippen molar-refractivity contribution in [1.82, 2.24) is 9.80 Å². The molecule has 1 aliphatic heterocycles. The molecular formula is C30H49N3O5. The van der Waals surface area contributed by atoms with Crippen molar-refractivity contribution in [3.63, 3.8) is 0 Å². The molecule has 1 heterocycles. The third-order valence-electron chi connectivity index (χ3n) is 7.84. The first-order chi connectivity index (χ1) is 18.2. The van der Waals surface area contributed by atoms with E-state index in [4.69, 9.17) is 9.47 Å². The van der Waals surface area contributed by atoms with E-state index in [1.54, 1.807) is 17.0 Å². The Morgan fingerprint density at radius 2 is 1.84 bits per heavy atom. The van der Waals surface area contributed by atoms with Gasteiger partial charge in [-0.05, 0) is 78.2 Å². The van der Waals surface area contributed by atoms with E-state index in [1.165, 1.54) is 6.42 Å². The van der Waals surface area contributed by atoms with Crippen LogP contribution in [0.3, 0.4) is 0 Å². The van der Waals surface area contributed by atoms with Gasteiger partial charge in [0.05, 0.1) is 30.4 Å². The summed E-state index contributed by atoms with van der Waals surface area (Å²) in [5.74, 6) is 0.389. The Bertz CT molecular complexity index is 902. The minimum absolute atomic E-state index is 0.0183. The van der Waals surface area contributed by atoms with Gasteiger partial charge in [-0.1, -0.05) is 26.2 Å². The van der Waals surface area contributed by atoms with Gasteiger partial charge in [-0.3, -0.25) is 9.59 Å². The van der Waals surface area contributed by atoms with Crippen LogP contribution in [0.5, 0.6) is 5.75 Å². The predicted octanol–water partition coefficient (Wildman–Crippen LogP) is 4.56. The molecule has 3 rings (SSSR count). The summed E-state index contributed by atoms with van der Waals surface area (Å²) < 4.78 is 12.6. The van der Waals surface area contributed by atoms with E-state index in [2.05, 4.69) is 17.1 Å². The largest absolute Gasteiger partial charge is 0.490 e. The first-order valence-electron chi connectivity index (χ1n) is 14.5. The zero-order chi connectivity index (χ0) is 27.7. The number of hydrogen-bond acceptors (Lipinski definition) is 6. The van der Waals surface area contributed by atoms with E-state index in [9.17, 15) is 14.7 Å². The van der Waals surface area contributed by atoms with Crippen LogP contribution in [0.4, 0.5) is 5.69 Å². The number of carbonyl (C=O) groups is 2.